The predicted molar refractivity (Wildman–Crippen MR) is 95.0 cm³/mol. The summed E-state index contributed by atoms with van der Waals surface area (Å²) >= 11 is 0. The van der Waals surface area contributed by atoms with E-state index in [1.54, 1.807) is 13.8 Å². The molecule has 4 heteroatoms. The van der Waals surface area contributed by atoms with Crippen molar-refractivity contribution in [2.24, 2.45) is 11.8 Å². The monoisotopic (exact) mass is 332 g/mol. The first-order valence-corrected chi connectivity index (χ1v) is 8.61. The molecule has 0 aromatic heterocycles. The number of ketones is 1. The summed E-state index contributed by atoms with van der Waals surface area (Å²) in [6.07, 6.45) is 1.55. The summed E-state index contributed by atoms with van der Waals surface area (Å²) in [7, 11) is 0. The van der Waals surface area contributed by atoms with Gasteiger partial charge in [0.15, 0.2) is 5.78 Å². The Labute approximate surface area is 144 Å². The molecule has 24 heavy (non-hydrogen) atoms. The van der Waals surface area contributed by atoms with Crippen LogP contribution in [0.3, 0.4) is 0 Å². The number of Topliss-reactive ketones (excluding diaryl/α,β-unsaturated/α-hetero) is 1. The first-order valence-electron chi connectivity index (χ1n) is 8.61. The molecule has 1 heterocycles. The molecule has 0 amide bonds. The van der Waals surface area contributed by atoms with Crippen LogP contribution in [-0.4, -0.2) is 22.1 Å². The fraction of sp³-hybridized carbons (Fsp3) is 0.550. The van der Waals surface area contributed by atoms with E-state index >= 15 is 0 Å². The molecule has 0 spiro atoms. The van der Waals surface area contributed by atoms with Gasteiger partial charge in [-0.05, 0) is 31.3 Å². The lowest BCUT2D eigenvalue weighted by Crippen LogP contribution is -2.15. The van der Waals surface area contributed by atoms with Crippen molar-refractivity contribution in [2.45, 2.75) is 60.0 Å². The van der Waals surface area contributed by atoms with Crippen LogP contribution in [0.5, 0.6) is 17.2 Å². The normalized spacial score (nSPS) is 16.4. The summed E-state index contributed by atoms with van der Waals surface area (Å²) in [5.41, 5.74) is 2.11. The lowest BCUT2D eigenvalue weighted by Gasteiger charge is -2.18. The highest BCUT2D eigenvalue weighted by atomic mass is 16.5. The van der Waals surface area contributed by atoms with Crippen molar-refractivity contribution < 1.29 is 19.7 Å². The van der Waals surface area contributed by atoms with Crippen molar-refractivity contribution in [1.82, 2.24) is 0 Å². The molecule has 0 aliphatic carbocycles. The molecule has 1 aliphatic rings. The third-order valence-corrected chi connectivity index (χ3v) is 4.54. The summed E-state index contributed by atoms with van der Waals surface area (Å²) in [4.78, 5) is 12.7. The van der Waals surface area contributed by atoms with Crippen LogP contribution in [0, 0.1) is 11.8 Å². The minimum atomic E-state index is -0.274. The molecule has 1 aromatic carbocycles. The quantitative estimate of drug-likeness (QED) is 0.598. The summed E-state index contributed by atoms with van der Waals surface area (Å²) in [6, 6.07) is 0. The highest BCUT2D eigenvalue weighted by molar-refractivity contribution is 6.04. The van der Waals surface area contributed by atoms with E-state index in [1.807, 2.05) is 6.92 Å². The largest absolute Gasteiger partial charge is 0.507 e. The molecular weight excluding hydrogens is 304 g/mol. The molecule has 4 nitrogen and oxygen atoms in total. The second kappa shape index (κ2) is 6.88. The lowest BCUT2D eigenvalue weighted by atomic mass is 9.90. The number of hydrogen-bond donors (Lipinski definition) is 2. The maximum absolute atomic E-state index is 12.7. The molecule has 1 atom stereocenters. The molecule has 2 rings (SSSR count). The van der Waals surface area contributed by atoms with Crippen LogP contribution in [0.25, 0.3) is 0 Å². The Hall–Kier alpha value is -1.97. The van der Waals surface area contributed by atoms with E-state index in [4.69, 9.17) is 4.74 Å². The van der Waals surface area contributed by atoms with Crippen molar-refractivity contribution in [3.63, 3.8) is 0 Å². The van der Waals surface area contributed by atoms with Crippen molar-refractivity contribution >= 4 is 5.78 Å². The number of carbonyl (C=O) groups is 1. The highest BCUT2D eigenvalue weighted by Crippen LogP contribution is 2.48. The molecule has 1 unspecified atom stereocenters. The summed E-state index contributed by atoms with van der Waals surface area (Å²) < 4.78 is 5.87. The number of carbonyl (C=O) groups excluding carboxylic acids is 1. The predicted octanol–water partition coefficient (Wildman–Crippen LogP) is 4.40. The van der Waals surface area contributed by atoms with Crippen LogP contribution in [-0.2, 0) is 12.8 Å². The highest BCUT2D eigenvalue weighted by Gasteiger charge is 2.36. The number of rotatable bonds is 6. The van der Waals surface area contributed by atoms with E-state index in [2.05, 4.69) is 20.4 Å². The number of fused-ring (bicyclic) bond motifs is 1. The molecule has 2 N–H and O–H groups in total. The van der Waals surface area contributed by atoms with Crippen molar-refractivity contribution in [2.75, 3.05) is 0 Å². The van der Waals surface area contributed by atoms with E-state index in [-0.39, 0.29) is 34.9 Å². The number of phenols is 2. The minimum Gasteiger partial charge on any atom is -0.507 e. The van der Waals surface area contributed by atoms with Crippen molar-refractivity contribution in [3.8, 4) is 17.2 Å². The van der Waals surface area contributed by atoms with Crippen molar-refractivity contribution in [3.05, 3.63) is 28.8 Å². The Kier molecular flexibility index (Phi) is 5.26. The van der Waals surface area contributed by atoms with Gasteiger partial charge < -0.3 is 14.9 Å². The lowest BCUT2D eigenvalue weighted by molar-refractivity contribution is 0.0931. The van der Waals surface area contributed by atoms with Gasteiger partial charge in [-0.25, -0.2) is 0 Å². The van der Waals surface area contributed by atoms with E-state index in [0.717, 1.165) is 12.0 Å². The molecule has 0 bridgehead atoms. The first kappa shape index (κ1) is 18.4. The number of phenolic OH excluding ortho intramolecular Hbond substituents is 2. The van der Waals surface area contributed by atoms with Gasteiger partial charge in [0.05, 0.1) is 0 Å². The van der Waals surface area contributed by atoms with Gasteiger partial charge in [-0.3, -0.25) is 4.79 Å². The SMILES string of the molecule is C=C(C)C1Cc2c(O)c(CCC(C)C)c(O)c(C(=O)C(C)C)c2O1. The van der Waals surface area contributed by atoms with Crippen LogP contribution in [0.1, 0.15) is 62.5 Å². The standard InChI is InChI=1S/C20H28O4/c1-10(2)7-8-13-18(22)14-9-15(11(3)4)24-20(14)16(19(13)23)17(21)12(5)6/h10,12,15,22-23H,3,7-9H2,1-2,4-6H3. The van der Waals surface area contributed by atoms with E-state index in [0.29, 0.717) is 35.6 Å². The second-order valence-electron chi connectivity index (χ2n) is 7.47. The topological polar surface area (TPSA) is 66.8 Å². The van der Waals surface area contributed by atoms with Gasteiger partial charge in [0.25, 0.3) is 0 Å². The zero-order valence-electron chi connectivity index (χ0n) is 15.3. The molecule has 0 saturated carbocycles. The number of ether oxygens (including phenoxy) is 1. The van der Waals surface area contributed by atoms with Crippen LogP contribution in [0.2, 0.25) is 0 Å². The van der Waals surface area contributed by atoms with Crippen molar-refractivity contribution in [1.29, 1.82) is 0 Å². The Morgan fingerprint density at radius 2 is 1.88 bits per heavy atom. The number of benzene rings is 1. The average molecular weight is 332 g/mol. The molecule has 132 valence electrons. The second-order valence-corrected chi connectivity index (χ2v) is 7.47. The van der Waals surface area contributed by atoms with Crippen LogP contribution in [0.4, 0.5) is 0 Å². The fourth-order valence-corrected chi connectivity index (χ4v) is 2.96. The molecular formula is C20H28O4. The van der Waals surface area contributed by atoms with Crippen LogP contribution in [0.15, 0.2) is 12.2 Å². The summed E-state index contributed by atoms with van der Waals surface area (Å²) in [6.45, 7) is 13.5. The van der Waals surface area contributed by atoms with Gasteiger partial charge in [-0.1, -0.05) is 34.3 Å². The minimum absolute atomic E-state index is 0.0622. The number of hydrogen-bond acceptors (Lipinski definition) is 4. The maximum Gasteiger partial charge on any atom is 0.172 e. The third kappa shape index (κ3) is 3.28. The van der Waals surface area contributed by atoms with E-state index in [9.17, 15) is 15.0 Å². The summed E-state index contributed by atoms with van der Waals surface area (Å²) in [5.74, 6) is 0.248. The molecule has 0 saturated heterocycles. The Morgan fingerprint density at radius 1 is 1.25 bits per heavy atom. The van der Waals surface area contributed by atoms with Gasteiger partial charge in [-0.2, -0.15) is 0 Å². The zero-order chi connectivity index (χ0) is 18.2. The Balaban J connectivity index is 2.61. The van der Waals surface area contributed by atoms with Gasteiger partial charge in [0, 0.05) is 23.5 Å². The molecule has 0 radical (unpaired) electrons. The maximum atomic E-state index is 12.7. The van der Waals surface area contributed by atoms with Gasteiger partial charge in [0.2, 0.25) is 0 Å². The average Bonchev–Trinajstić information content (AvgIpc) is 2.91. The fourth-order valence-electron chi connectivity index (χ4n) is 2.96. The van der Waals surface area contributed by atoms with E-state index in [1.165, 1.54) is 0 Å². The molecule has 0 fully saturated rings. The molecule has 1 aliphatic heterocycles. The van der Waals surface area contributed by atoms with E-state index < -0.39 is 0 Å². The Morgan fingerprint density at radius 3 is 2.38 bits per heavy atom. The molecule has 1 aromatic rings. The smallest absolute Gasteiger partial charge is 0.172 e. The third-order valence-electron chi connectivity index (χ3n) is 4.54. The van der Waals surface area contributed by atoms with Gasteiger partial charge in [-0.15, -0.1) is 0 Å². The summed E-state index contributed by atoms with van der Waals surface area (Å²) in [5, 5.41) is 21.4. The number of aromatic hydroxyl groups is 2. The van der Waals surface area contributed by atoms with Gasteiger partial charge in [0.1, 0.15) is 28.9 Å². The zero-order valence-corrected chi connectivity index (χ0v) is 15.3. The van der Waals surface area contributed by atoms with Gasteiger partial charge >= 0.3 is 0 Å². The Bertz CT molecular complexity index is 671. The first-order chi connectivity index (χ1) is 11.1. The van der Waals surface area contributed by atoms with Crippen LogP contribution < -0.4 is 4.74 Å². The van der Waals surface area contributed by atoms with Crippen LogP contribution >= 0.6 is 0 Å².